The molecule has 0 aromatic heterocycles. The van der Waals surface area contributed by atoms with Gasteiger partial charge in [0.15, 0.2) is 6.79 Å². The molecule has 24 heavy (non-hydrogen) atoms. The van der Waals surface area contributed by atoms with E-state index < -0.39 is 0 Å². The number of rotatable bonds is 5. The highest BCUT2D eigenvalue weighted by atomic mass is 35.5. The number of nitrogens with zero attached hydrogens (tertiary/aromatic N) is 1. The second-order valence-electron chi connectivity index (χ2n) is 5.99. The van der Waals surface area contributed by atoms with Crippen molar-refractivity contribution in [3.63, 3.8) is 0 Å². The summed E-state index contributed by atoms with van der Waals surface area (Å²) in [5.74, 6) is 1.30. The molecule has 5 heteroatoms. The van der Waals surface area contributed by atoms with Crippen LogP contribution in [-0.2, 0) is 22.8 Å². The van der Waals surface area contributed by atoms with Gasteiger partial charge in [-0.1, -0.05) is 54.9 Å². The first-order valence-electron chi connectivity index (χ1n) is 7.90. The van der Waals surface area contributed by atoms with Gasteiger partial charge in [-0.3, -0.25) is 0 Å². The topological polar surface area (TPSA) is 40.0 Å². The fourth-order valence-corrected chi connectivity index (χ4v) is 2.80. The van der Waals surface area contributed by atoms with Crippen molar-refractivity contribution >= 4 is 17.8 Å². The van der Waals surface area contributed by atoms with Gasteiger partial charge in [0.25, 0.3) is 0 Å². The maximum absolute atomic E-state index is 6.13. The van der Waals surface area contributed by atoms with Crippen molar-refractivity contribution < 1.29 is 14.3 Å². The predicted octanol–water partition coefficient (Wildman–Crippen LogP) is 4.88. The number of halogens is 1. The minimum Gasteiger partial charge on any atom is -0.467 e. The molecule has 1 aliphatic heterocycles. The van der Waals surface area contributed by atoms with Crippen LogP contribution >= 0.6 is 11.6 Å². The smallest absolute Gasteiger partial charge is 0.189 e. The third-order valence-corrected chi connectivity index (χ3v) is 4.07. The predicted molar refractivity (Wildman–Crippen MR) is 94.7 cm³/mol. The van der Waals surface area contributed by atoms with Crippen molar-refractivity contribution in [3.8, 4) is 5.75 Å². The highest BCUT2D eigenvalue weighted by Gasteiger charge is 2.16. The Morgan fingerprint density at radius 1 is 1.25 bits per heavy atom. The summed E-state index contributed by atoms with van der Waals surface area (Å²) in [6.07, 6.45) is 1.70. The molecule has 0 aliphatic carbocycles. The Bertz CT molecular complexity index is 726. The summed E-state index contributed by atoms with van der Waals surface area (Å²) in [5.41, 5.74) is 4.10. The molecule has 3 rings (SSSR count). The molecule has 4 nitrogen and oxygen atoms in total. The molecule has 2 aromatic carbocycles. The van der Waals surface area contributed by atoms with Crippen molar-refractivity contribution in [2.24, 2.45) is 5.16 Å². The Labute approximate surface area is 147 Å². The van der Waals surface area contributed by atoms with Gasteiger partial charge in [-0.2, -0.15) is 0 Å². The third-order valence-electron chi connectivity index (χ3n) is 3.85. The Morgan fingerprint density at radius 2 is 2.04 bits per heavy atom. The maximum Gasteiger partial charge on any atom is 0.189 e. The van der Waals surface area contributed by atoms with E-state index in [0.717, 1.165) is 22.4 Å². The van der Waals surface area contributed by atoms with Crippen molar-refractivity contribution in [2.75, 3.05) is 6.79 Å². The van der Waals surface area contributed by atoms with Crippen LogP contribution in [0.5, 0.6) is 5.75 Å². The van der Waals surface area contributed by atoms with E-state index in [9.17, 15) is 0 Å². The molecule has 0 fully saturated rings. The standard InChI is InChI=1S/C19H20ClNO3/c1-13(2)15-5-3-14(4-6-15)9-21-24-11-17-8-18(20)7-16-10-22-12-23-19(16)17/h3-9,13H,10-12H2,1-2H3/b21-9-. The number of benzene rings is 2. The first-order chi connectivity index (χ1) is 11.6. The molecule has 0 amide bonds. The molecule has 2 aromatic rings. The zero-order valence-corrected chi connectivity index (χ0v) is 14.5. The summed E-state index contributed by atoms with van der Waals surface area (Å²) in [5, 5.41) is 4.67. The molecular formula is C19H20ClNO3. The summed E-state index contributed by atoms with van der Waals surface area (Å²) in [6, 6.07) is 12.0. The zero-order chi connectivity index (χ0) is 16.9. The van der Waals surface area contributed by atoms with Crippen LogP contribution in [0.3, 0.4) is 0 Å². The van der Waals surface area contributed by atoms with Crippen molar-refractivity contribution in [1.82, 2.24) is 0 Å². The first-order valence-corrected chi connectivity index (χ1v) is 8.28. The summed E-state index contributed by atoms with van der Waals surface area (Å²) in [6.45, 7) is 5.38. The fraction of sp³-hybridized carbons (Fsp3) is 0.316. The minimum atomic E-state index is 0.243. The quantitative estimate of drug-likeness (QED) is 0.572. The summed E-state index contributed by atoms with van der Waals surface area (Å²) in [7, 11) is 0. The molecule has 0 spiro atoms. The summed E-state index contributed by atoms with van der Waals surface area (Å²) >= 11 is 6.13. The fourth-order valence-electron chi connectivity index (χ4n) is 2.54. The number of fused-ring (bicyclic) bond motifs is 1. The lowest BCUT2D eigenvalue weighted by molar-refractivity contribution is -0.0183. The molecule has 1 heterocycles. The van der Waals surface area contributed by atoms with Gasteiger partial charge < -0.3 is 14.3 Å². The Balaban J connectivity index is 1.63. The van der Waals surface area contributed by atoms with E-state index in [1.807, 2.05) is 24.3 Å². The van der Waals surface area contributed by atoms with E-state index in [2.05, 4.69) is 31.1 Å². The highest BCUT2D eigenvalue weighted by Crippen LogP contribution is 2.32. The van der Waals surface area contributed by atoms with Gasteiger partial charge in [0.1, 0.15) is 12.4 Å². The molecule has 126 valence electrons. The molecule has 0 atom stereocenters. The van der Waals surface area contributed by atoms with Crippen LogP contribution in [-0.4, -0.2) is 13.0 Å². The molecule has 0 bridgehead atoms. The molecule has 0 saturated heterocycles. The molecule has 1 aliphatic rings. The van der Waals surface area contributed by atoms with Crippen LogP contribution in [0.1, 0.15) is 42.0 Å². The Hall–Kier alpha value is -2.04. The lowest BCUT2D eigenvalue weighted by atomic mass is 10.0. The molecular weight excluding hydrogens is 326 g/mol. The zero-order valence-electron chi connectivity index (χ0n) is 13.8. The van der Waals surface area contributed by atoms with Crippen LogP contribution in [0.4, 0.5) is 0 Å². The number of ether oxygens (including phenoxy) is 2. The molecule has 0 N–H and O–H groups in total. The van der Waals surface area contributed by atoms with Crippen LogP contribution in [0.25, 0.3) is 0 Å². The second-order valence-corrected chi connectivity index (χ2v) is 6.43. The van der Waals surface area contributed by atoms with Crippen LogP contribution < -0.4 is 4.74 Å². The number of hydrogen-bond acceptors (Lipinski definition) is 4. The van der Waals surface area contributed by atoms with Gasteiger partial charge >= 0.3 is 0 Å². The average Bonchev–Trinajstić information content (AvgIpc) is 2.58. The van der Waals surface area contributed by atoms with Gasteiger partial charge in [0.2, 0.25) is 0 Å². The lowest BCUT2D eigenvalue weighted by Crippen LogP contribution is -2.13. The molecule has 0 saturated carbocycles. The normalized spacial score (nSPS) is 13.8. The lowest BCUT2D eigenvalue weighted by Gasteiger charge is -2.20. The third kappa shape index (κ3) is 4.08. The van der Waals surface area contributed by atoms with E-state index in [4.69, 9.17) is 25.9 Å². The largest absolute Gasteiger partial charge is 0.467 e. The van der Waals surface area contributed by atoms with E-state index in [-0.39, 0.29) is 6.79 Å². The summed E-state index contributed by atoms with van der Waals surface area (Å²) in [4.78, 5) is 5.41. The number of oxime groups is 1. The summed E-state index contributed by atoms with van der Waals surface area (Å²) < 4.78 is 10.8. The average molecular weight is 346 g/mol. The van der Waals surface area contributed by atoms with Crippen LogP contribution in [0.2, 0.25) is 5.02 Å². The van der Waals surface area contributed by atoms with Gasteiger partial charge in [0, 0.05) is 16.1 Å². The van der Waals surface area contributed by atoms with E-state index in [1.54, 1.807) is 6.21 Å². The van der Waals surface area contributed by atoms with Crippen molar-refractivity contribution in [2.45, 2.75) is 33.0 Å². The Morgan fingerprint density at radius 3 is 2.79 bits per heavy atom. The van der Waals surface area contributed by atoms with E-state index in [1.165, 1.54) is 5.56 Å². The van der Waals surface area contributed by atoms with Gasteiger partial charge in [-0.05, 0) is 29.2 Å². The van der Waals surface area contributed by atoms with Crippen LogP contribution in [0.15, 0.2) is 41.6 Å². The highest BCUT2D eigenvalue weighted by molar-refractivity contribution is 6.30. The molecule has 0 unspecified atom stereocenters. The minimum absolute atomic E-state index is 0.243. The van der Waals surface area contributed by atoms with Gasteiger partial charge in [0.05, 0.1) is 12.8 Å². The van der Waals surface area contributed by atoms with Crippen molar-refractivity contribution in [1.29, 1.82) is 0 Å². The Kier molecular flexibility index (Phi) is 5.38. The second kappa shape index (κ2) is 7.69. The van der Waals surface area contributed by atoms with Crippen molar-refractivity contribution in [3.05, 3.63) is 63.7 Å². The number of hydrogen-bond donors (Lipinski definition) is 0. The van der Waals surface area contributed by atoms with E-state index >= 15 is 0 Å². The monoisotopic (exact) mass is 345 g/mol. The first kappa shape index (κ1) is 16.8. The van der Waals surface area contributed by atoms with Gasteiger partial charge in [-0.15, -0.1) is 0 Å². The van der Waals surface area contributed by atoms with Gasteiger partial charge in [-0.25, -0.2) is 0 Å². The van der Waals surface area contributed by atoms with Crippen LogP contribution in [0, 0.1) is 0 Å². The maximum atomic E-state index is 6.13. The SMILES string of the molecule is CC(C)c1ccc(/C=N\OCc2cc(Cl)cc3c2OCOC3)cc1. The molecule has 0 radical (unpaired) electrons. The van der Waals surface area contributed by atoms with E-state index in [0.29, 0.717) is 24.2 Å².